The number of pyridine rings is 1. The van der Waals surface area contributed by atoms with Gasteiger partial charge in [0.25, 0.3) is 0 Å². The van der Waals surface area contributed by atoms with Gasteiger partial charge in [-0.3, -0.25) is 0 Å². The van der Waals surface area contributed by atoms with Gasteiger partial charge in [0.2, 0.25) is 0 Å². The number of hydrogen-bond donors (Lipinski definition) is 0. The van der Waals surface area contributed by atoms with Crippen molar-refractivity contribution in [1.29, 1.82) is 0 Å². The summed E-state index contributed by atoms with van der Waals surface area (Å²) >= 11 is 3.49. The molecule has 16 heavy (non-hydrogen) atoms. The lowest BCUT2D eigenvalue weighted by Gasteiger charge is -2.02. The molecule has 0 unspecified atom stereocenters. The van der Waals surface area contributed by atoms with Gasteiger partial charge in [0.05, 0.1) is 5.52 Å². The normalized spacial score (nSPS) is 15.6. The van der Waals surface area contributed by atoms with E-state index in [9.17, 15) is 4.79 Å². The number of halogens is 1. The van der Waals surface area contributed by atoms with Gasteiger partial charge in [-0.15, -0.1) is 0 Å². The van der Waals surface area contributed by atoms with E-state index in [1.165, 1.54) is 12.8 Å². The predicted octanol–water partition coefficient (Wildman–Crippen LogP) is 2.72. The maximum atomic E-state index is 10.6. The number of carbonyl (C=O) groups is 1. The molecule has 2 aromatic heterocycles. The van der Waals surface area contributed by atoms with Crippen LogP contribution < -0.4 is 0 Å². The fourth-order valence-corrected chi connectivity index (χ4v) is 2.69. The van der Waals surface area contributed by atoms with E-state index in [1.807, 2.05) is 18.3 Å². The fraction of sp³-hybridized carbons (Fsp3) is 0.333. The van der Waals surface area contributed by atoms with Gasteiger partial charge in [0, 0.05) is 18.5 Å². The molecule has 82 valence electrons. The minimum absolute atomic E-state index is 0.443. The van der Waals surface area contributed by atoms with Crippen molar-refractivity contribution in [3.63, 3.8) is 0 Å². The van der Waals surface area contributed by atoms with Gasteiger partial charge in [-0.25, -0.2) is 4.98 Å². The van der Waals surface area contributed by atoms with Gasteiger partial charge in [-0.05, 0) is 40.4 Å². The van der Waals surface area contributed by atoms with Crippen LogP contribution in [0.25, 0.3) is 5.52 Å². The van der Waals surface area contributed by atoms with Crippen LogP contribution in [-0.4, -0.2) is 15.7 Å². The summed E-state index contributed by atoms with van der Waals surface area (Å²) in [4.78, 5) is 15.2. The van der Waals surface area contributed by atoms with Gasteiger partial charge in [0.15, 0.2) is 0 Å². The molecule has 0 bridgehead atoms. The Labute approximate surface area is 102 Å². The zero-order valence-corrected chi connectivity index (χ0v) is 10.3. The van der Waals surface area contributed by atoms with Crippen molar-refractivity contribution >= 4 is 27.7 Å². The van der Waals surface area contributed by atoms with E-state index in [4.69, 9.17) is 0 Å². The Kier molecular flexibility index (Phi) is 2.32. The highest BCUT2D eigenvalue weighted by Gasteiger charge is 2.29. The van der Waals surface area contributed by atoms with E-state index in [-0.39, 0.29) is 0 Å². The third-order valence-corrected chi connectivity index (χ3v) is 3.53. The summed E-state index contributed by atoms with van der Waals surface area (Å²) in [5, 5.41) is 0. The van der Waals surface area contributed by atoms with Crippen molar-refractivity contribution in [2.45, 2.75) is 25.2 Å². The van der Waals surface area contributed by atoms with Crippen LogP contribution in [0.5, 0.6) is 0 Å². The van der Waals surface area contributed by atoms with Crippen molar-refractivity contribution in [3.05, 3.63) is 34.3 Å². The molecule has 0 spiro atoms. The first-order chi connectivity index (χ1) is 7.81. The van der Waals surface area contributed by atoms with Crippen molar-refractivity contribution < 1.29 is 4.79 Å². The number of imidazole rings is 1. The van der Waals surface area contributed by atoms with Crippen LogP contribution in [-0.2, 0) is 11.2 Å². The molecule has 4 heteroatoms. The Hall–Kier alpha value is -1.16. The second kappa shape index (κ2) is 3.70. The van der Waals surface area contributed by atoms with E-state index in [0.29, 0.717) is 12.3 Å². The van der Waals surface area contributed by atoms with Gasteiger partial charge >= 0.3 is 0 Å². The first-order valence-electron chi connectivity index (χ1n) is 5.40. The van der Waals surface area contributed by atoms with Crippen LogP contribution in [0.1, 0.15) is 30.1 Å². The molecular formula is C12H11BrN2O. The largest absolute Gasteiger partial charge is 0.303 e. The maximum absolute atomic E-state index is 10.6. The van der Waals surface area contributed by atoms with Crippen LogP contribution in [0.3, 0.4) is 0 Å². The van der Waals surface area contributed by atoms with E-state index in [2.05, 4.69) is 25.3 Å². The highest BCUT2D eigenvalue weighted by Crippen LogP contribution is 2.41. The summed E-state index contributed by atoms with van der Waals surface area (Å²) in [6.07, 6.45) is 5.85. The third-order valence-electron chi connectivity index (χ3n) is 2.98. The number of nitrogens with zero attached hydrogens (tertiary/aromatic N) is 2. The van der Waals surface area contributed by atoms with E-state index in [0.717, 1.165) is 27.8 Å². The average molecular weight is 279 g/mol. The topological polar surface area (TPSA) is 34.4 Å². The summed E-state index contributed by atoms with van der Waals surface area (Å²) in [6.45, 7) is 0. The smallest absolute Gasteiger partial charge is 0.132 e. The Morgan fingerprint density at radius 2 is 2.38 bits per heavy atom. The zero-order valence-electron chi connectivity index (χ0n) is 8.69. The van der Waals surface area contributed by atoms with Crippen molar-refractivity contribution in [2.24, 2.45) is 0 Å². The van der Waals surface area contributed by atoms with E-state index in [1.54, 1.807) is 0 Å². The first kappa shape index (κ1) is 10.0. The number of carbonyl (C=O) groups excluding carboxylic acids is 1. The average Bonchev–Trinajstić information content (AvgIpc) is 3.05. The Bertz CT molecular complexity index is 557. The molecule has 1 aliphatic carbocycles. The van der Waals surface area contributed by atoms with Crippen molar-refractivity contribution in [2.75, 3.05) is 0 Å². The second-order valence-corrected chi connectivity index (χ2v) is 4.91. The Morgan fingerprint density at radius 3 is 3.06 bits per heavy atom. The highest BCUT2D eigenvalue weighted by molar-refractivity contribution is 9.10. The summed E-state index contributed by atoms with van der Waals surface area (Å²) < 4.78 is 2.97. The molecule has 3 rings (SSSR count). The van der Waals surface area contributed by atoms with E-state index >= 15 is 0 Å². The minimum Gasteiger partial charge on any atom is -0.303 e. The lowest BCUT2D eigenvalue weighted by Crippen LogP contribution is -1.95. The quantitative estimate of drug-likeness (QED) is 0.809. The van der Waals surface area contributed by atoms with Crippen LogP contribution >= 0.6 is 15.9 Å². The van der Waals surface area contributed by atoms with Crippen molar-refractivity contribution in [1.82, 2.24) is 9.38 Å². The Morgan fingerprint density at radius 1 is 1.56 bits per heavy atom. The molecule has 0 aromatic carbocycles. The summed E-state index contributed by atoms with van der Waals surface area (Å²) in [5.74, 6) is 1.72. The zero-order chi connectivity index (χ0) is 11.1. The molecular weight excluding hydrogens is 268 g/mol. The molecule has 1 saturated carbocycles. The molecule has 0 amide bonds. The van der Waals surface area contributed by atoms with Gasteiger partial charge in [-0.1, -0.05) is 6.07 Å². The minimum atomic E-state index is 0.443. The number of aromatic nitrogens is 2. The second-order valence-electron chi connectivity index (χ2n) is 4.16. The standard InChI is InChI=1S/C12H11BrN2O/c13-11-10-8(5-7-16)2-1-6-15(10)12(14-11)9-3-4-9/h1-2,6-7,9H,3-5H2. The van der Waals surface area contributed by atoms with Crippen LogP contribution in [0, 0.1) is 0 Å². The third kappa shape index (κ3) is 1.48. The number of fused-ring (bicyclic) bond motifs is 1. The van der Waals surface area contributed by atoms with Crippen LogP contribution in [0.2, 0.25) is 0 Å². The van der Waals surface area contributed by atoms with Gasteiger partial charge in [0.1, 0.15) is 16.7 Å². The maximum Gasteiger partial charge on any atom is 0.132 e. The number of aldehydes is 1. The van der Waals surface area contributed by atoms with Gasteiger partial charge in [-0.2, -0.15) is 0 Å². The van der Waals surface area contributed by atoms with Crippen LogP contribution in [0.4, 0.5) is 0 Å². The molecule has 2 aromatic rings. The summed E-state index contributed by atoms with van der Waals surface area (Å²) in [5.41, 5.74) is 2.07. The Balaban J connectivity index is 2.26. The van der Waals surface area contributed by atoms with Crippen LogP contribution in [0.15, 0.2) is 22.9 Å². The molecule has 0 aliphatic heterocycles. The highest BCUT2D eigenvalue weighted by atomic mass is 79.9. The molecule has 0 atom stereocenters. The fourth-order valence-electron chi connectivity index (χ4n) is 2.07. The molecule has 3 nitrogen and oxygen atoms in total. The van der Waals surface area contributed by atoms with Crippen molar-refractivity contribution in [3.8, 4) is 0 Å². The molecule has 0 N–H and O–H groups in total. The monoisotopic (exact) mass is 278 g/mol. The molecule has 0 saturated heterocycles. The first-order valence-corrected chi connectivity index (χ1v) is 6.19. The molecule has 1 fully saturated rings. The summed E-state index contributed by atoms with van der Waals surface area (Å²) in [7, 11) is 0. The predicted molar refractivity (Wildman–Crippen MR) is 64.6 cm³/mol. The molecule has 0 radical (unpaired) electrons. The molecule has 1 aliphatic rings. The number of rotatable bonds is 3. The van der Waals surface area contributed by atoms with E-state index < -0.39 is 0 Å². The SMILES string of the molecule is O=CCc1cccn2c(C3CC3)nc(Br)c12. The van der Waals surface area contributed by atoms with Gasteiger partial charge < -0.3 is 9.20 Å². The molecule has 2 heterocycles. The lowest BCUT2D eigenvalue weighted by atomic mass is 10.2. The number of hydrogen-bond acceptors (Lipinski definition) is 2. The summed E-state index contributed by atoms with van der Waals surface area (Å²) in [6, 6.07) is 3.96. The lowest BCUT2D eigenvalue weighted by molar-refractivity contribution is -0.107.